The Morgan fingerprint density at radius 2 is 2.20 bits per heavy atom. The first-order valence-corrected chi connectivity index (χ1v) is 6.02. The van der Waals surface area contributed by atoms with Gasteiger partial charge in [0.15, 0.2) is 0 Å². The van der Waals surface area contributed by atoms with Crippen molar-refractivity contribution in [2.45, 2.75) is 19.9 Å². The van der Waals surface area contributed by atoms with Crippen LogP contribution in [0.25, 0.3) is 0 Å². The number of nitro benzene ring substituents is 1. The quantitative estimate of drug-likeness (QED) is 0.667. The Hall–Kier alpha value is -2.57. The Labute approximate surface area is 115 Å². The fourth-order valence-corrected chi connectivity index (χ4v) is 1.77. The highest BCUT2D eigenvalue weighted by Crippen LogP contribution is 2.28. The topological polar surface area (TPSA) is 90.4 Å². The van der Waals surface area contributed by atoms with Gasteiger partial charge in [0.05, 0.1) is 24.3 Å². The number of hydrogen-bond donors (Lipinski definition) is 1. The summed E-state index contributed by atoms with van der Waals surface area (Å²) >= 11 is 0. The first-order chi connectivity index (χ1) is 9.49. The molecule has 1 heterocycles. The molecule has 0 radical (unpaired) electrons. The van der Waals surface area contributed by atoms with E-state index in [0.717, 1.165) is 0 Å². The van der Waals surface area contributed by atoms with Crippen molar-refractivity contribution in [3.63, 3.8) is 0 Å². The van der Waals surface area contributed by atoms with Gasteiger partial charge < -0.3 is 14.5 Å². The van der Waals surface area contributed by atoms with Crippen LogP contribution in [0.4, 0.5) is 11.4 Å². The molecule has 1 atom stereocenters. The summed E-state index contributed by atoms with van der Waals surface area (Å²) in [6, 6.07) is 4.27. The monoisotopic (exact) mass is 277 g/mol. The van der Waals surface area contributed by atoms with E-state index in [1.165, 1.54) is 19.2 Å². The standard InChI is InChI=1S/C13H15N3O4/c1-8-7-14-13(20-8)9(2)15-10-4-11(16(17)18)6-12(5-10)19-3/h4-7,9,15H,1-3H3. The molecule has 1 N–H and O–H groups in total. The number of oxazole rings is 1. The molecule has 20 heavy (non-hydrogen) atoms. The van der Waals surface area contributed by atoms with Gasteiger partial charge in [-0.3, -0.25) is 10.1 Å². The van der Waals surface area contributed by atoms with Gasteiger partial charge in [-0.25, -0.2) is 4.98 Å². The number of hydrogen-bond acceptors (Lipinski definition) is 6. The molecule has 1 aromatic heterocycles. The van der Waals surface area contributed by atoms with Crippen LogP contribution >= 0.6 is 0 Å². The van der Waals surface area contributed by atoms with Gasteiger partial charge in [0.1, 0.15) is 17.6 Å². The van der Waals surface area contributed by atoms with Crippen molar-refractivity contribution in [1.82, 2.24) is 4.98 Å². The predicted octanol–water partition coefficient (Wildman–Crippen LogP) is 3.07. The minimum Gasteiger partial charge on any atom is -0.496 e. The summed E-state index contributed by atoms with van der Waals surface area (Å²) in [6.07, 6.45) is 1.63. The van der Waals surface area contributed by atoms with E-state index in [2.05, 4.69) is 10.3 Å². The maximum atomic E-state index is 10.9. The molecule has 1 unspecified atom stereocenters. The van der Waals surface area contributed by atoms with Gasteiger partial charge in [-0.15, -0.1) is 0 Å². The average Bonchev–Trinajstić information content (AvgIpc) is 2.85. The van der Waals surface area contributed by atoms with Crippen LogP contribution < -0.4 is 10.1 Å². The van der Waals surface area contributed by atoms with Crippen molar-refractivity contribution in [3.05, 3.63) is 46.2 Å². The van der Waals surface area contributed by atoms with Gasteiger partial charge in [-0.05, 0) is 13.8 Å². The van der Waals surface area contributed by atoms with Crippen LogP contribution in [-0.2, 0) is 0 Å². The van der Waals surface area contributed by atoms with Gasteiger partial charge in [0.25, 0.3) is 5.69 Å². The van der Waals surface area contributed by atoms with Crippen molar-refractivity contribution in [1.29, 1.82) is 0 Å². The van der Waals surface area contributed by atoms with Gasteiger partial charge >= 0.3 is 0 Å². The van der Waals surface area contributed by atoms with Crippen molar-refractivity contribution in [2.24, 2.45) is 0 Å². The minimum atomic E-state index is -0.465. The lowest BCUT2D eigenvalue weighted by molar-refractivity contribution is -0.384. The lowest BCUT2D eigenvalue weighted by atomic mass is 10.2. The second-order valence-electron chi connectivity index (χ2n) is 4.35. The molecule has 0 bridgehead atoms. The summed E-state index contributed by atoms with van der Waals surface area (Å²) in [5.41, 5.74) is 0.530. The largest absolute Gasteiger partial charge is 0.496 e. The third-order valence-electron chi connectivity index (χ3n) is 2.73. The molecule has 0 aliphatic rings. The van der Waals surface area contributed by atoms with E-state index in [1.807, 2.05) is 6.92 Å². The number of ether oxygens (including phenoxy) is 1. The number of aryl methyl sites for hydroxylation is 1. The summed E-state index contributed by atoms with van der Waals surface area (Å²) in [5.74, 6) is 1.65. The third kappa shape index (κ3) is 3.05. The van der Waals surface area contributed by atoms with Crippen LogP contribution in [0.5, 0.6) is 5.75 Å². The second-order valence-corrected chi connectivity index (χ2v) is 4.35. The molecule has 0 amide bonds. The van der Waals surface area contributed by atoms with E-state index in [9.17, 15) is 10.1 Å². The van der Waals surface area contributed by atoms with Crippen molar-refractivity contribution in [3.8, 4) is 5.75 Å². The van der Waals surface area contributed by atoms with E-state index >= 15 is 0 Å². The van der Waals surface area contributed by atoms with Crippen molar-refractivity contribution < 1.29 is 14.1 Å². The van der Waals surface area contributed by atoms with E-state index < -0.39 is 4.92 Å². The van der Waals surface area contributed by atoms with Crippen LogP contribution in [0.1, 0.15) is 24.6 Å². The average molecular weight is 277 g/mol. The molecule has 0 aliphatic heterocycles. The Morgan fingerprint density at radius 1 is 1.45 bits per heavy atom. The maximum Gasteiger partial charge on any atom is 0.275 e. The fraction of sp³-hybridized carbons (Fsp3) is 0.308. The minimum absolute atomic E-state index is 0.0392. The van der Waals surface area contributed by atoms with Crippen LogP contribution in [0.15, 0.2) is 28.8 Å². The van der Waals surface area contributed by atoms with Crippen molar-refractivity contribution in [2.75, 3.05) is 12.4 Å². The highest BCUT2D eigenvalue weighted by Gasteiger charge is 2.15. The number of benzene rings is 1. The molecule has 0 spiro atoms. The first kappa shape index (κ1) is 13.9. The third-order valence-corrected chi connectivity index (χ3v) is 2.73. The van der Waals surface area contributed by atoms with E-state index in [4.69, 9.17) is 9.15 Å². The summed E-state index contributed by atoms with van der Waals surface area (Å²) in [7, 11) is 1.46. The van der Waals surface area contributed by atoms with Crippen LogP contribution in [0, 0.1) is 17.0 Å². The van der Waals surface area contributed by atoms with Gasteiger partial charge in [-0.2, -0.15) is 0 Å². The summed E-state index contributed by atoms with van der Waals surface area (Å²) in [4.78, 5) is 14.5. The molecule has 0 fully saturated rings. The molecule has 0 saturated carbocycles. The molecule has 7 nitrogen and oxygen atoms in total. The van der Waals surface area contributed by atoms with Gasteiger partial charge in [0.2, 0.25) is 5.89 Å². The van der Waals surface area contributed by atoms with E-state index in [-0.39, 0.29) is 11.7 Å². The molecule has 0 aliphatic carbocycles. The number of nitro groups is 1. The lowest BCUT2D eigenvalue weighted by Gasteiger charge is -2.12. The SMILES string of the molecule is COc1cc(NC(C)c2ncc(C)o2)cc([N+](=O)[O-])c1. The Morgan fingerprint density at radius 3 is 2.75 bits per heavy atom. The Bertz CT molecular complexity index is 624. The molecule has 106 valence electrons. The molecule has 0 saturated heterocycles. The van der Waals surface area contributed by atoms with E-state index in [0.29, 0.717) is 23.1 Å². The lowest BCUT2D eigenvalue weighted by Crippen LogP contribution is -2.07. The molecular formula is C13H15N3O4. The number of anilines is 1. The summed E-state index contributed by atoms with van der Waals surface area (Å²) in [5, 5.41) is 14.0. The van der Waals surface area contributed by atoms with Gasteiger partial charge in [0, 0.05) is 17.8 Å². The smallest absolute Gasteiger partial charge is 0.275 e. The Balaban J connectivity index is 2.24. The zero-order chi connectivity index (χ0) is 14.7. The van der Waals surface area contributed by atoms with E-state index in [1.54, 1.807) is 19.2 Å². The summed E-state index contributed by atoms with van der Waals surface area (Å²) < 4.78 is 10.5. The fourth-order valence-electron chi connectivity index (χ4n) is 1.77. The number of nitrogens with zero attached hydrogens (tertiary/aromatic N) is 2. The number of nitrogens with one attached hydrogen (secondary N) is 1. The number of non-ortho nitro benzene ring substituents is 1. The zero-order valence-electron chi connectivity index (χ0n) is 11.4. The van der Waals surface area contributed by atoms with Crippen LogP contribution in [-0.4, -0.2) is 17.0 Å². The predicted molar refractivity (Wildman–Crippen MR) is 72.9 cm³/mol. The zero-order valence-corrected chi connectivity index (χ0v) is 11.4. The number of rotatable bonds is 5. The summed E-state index contributed by atoms with van der Waals surface area (Å²) in [6.45, 7) is 3.66. The normalized spacial score (nSPS) is 11.9. The Kier molecular flexibility index (Phi) is 3.88. The molecule has 2 rings (SSSR count). The molecular weight excluding hydrogens is 262 g/mol. The molecule has 7 heteroatoms. The first-order valence-electron chi connectivity index (χ1n) is 6.02. The van der Waals surface area contributed by atoms with Crippen LogP contribution in [0.3, 0.4) is 0 Å². The highest BCUT2D eigenvalue weighted by molar-refractivity contribution is 5.56. The maximum absolute atomic E-state index is 10.9. The number of aromatic nitrogens is 1. The highest BCUT2D eigenvalue weighted by atomic mass is 16.6. The molecule has 2 aromatic rings. The second kappa shape index (κ2) is 5.60. The number of methoxy groups -OCH3 is 1. The molecule has 1 aromatic carbocycles. The van der Waals surface area contributed by atoms with Crippen LogP contribution in [0.2, 0.25) is 0 Å². The van der Waals surface area contributed by atoms with Gasteiger partial charge in [-0.1, -0.05) is 0 Å². The van der Waals surface area contributed by atoms with Crippen molar-refractivity contribution >= 4 is 11.4 Å².